The van der Waals surface area contributed by atoms with E-state index in [9.17, 15) is 0 Å². The molecule has 1 aliphatic heterocycles. The average molecular weight is 343 g/mol. The minimum absolute atomic E-state index is 0.711. The van der Waals surface area contributed by atoms with Gasteiger partial charge in [-0.2, -0.15) is 5.10 Å². The highest BCUT2D eigenvalue weighted by Crippen LogP contribution is 2.24. The van der Waals surface area contributed by atoms with E-state index in [0.29, 0.717) is 6.04 Å². The first-order valence-corrected chi connectivity index (χ1v) is 8.48. The third kappa shape index (κ3) is 3.43. The van der Waals surface area contributed by atoms with Crippen LogP contribution in [0, 0.1) is 0 Å². The van der Waals surface area contributed by atoms with Crippen LogP contribution in [-0.2, 0) is 19.5 Å². The molecular formula is C15H27BrN4. The van der Waals surface area contributed by atoms with Crippen LogP contribution in [0.3, 0.4) is 0 Å². The number of halogens is 1. The van der Waals surface area contributed by atoms with E-state index in [1.807, 2.05) is 0 Å². The van der Waals surface area contributed by atoms with Crippen LogP contribution < -0.4 is 0 Å². The molecule has 1 aliphatic rings. The number of hydrogen-bond acceptors (Lipinski definition) is 3. The monoisotopic (exact) mass is 342 g/mol. The van der Waals surface area contributed by atoms with Crippen molar-refractivity contribution in [2.24, 2.45) is 0 Å². The summed E-state index contributed by atoms with van der Waals surface area (Å²) in [5.74, 6) is 0. The molecule has 1 atom stereocenters. The Labute approximate surface area is 131 Å². The number of aryl methyl sites for hydroxylation is 2. The van der Waals surface area contributed by atoms with Gasteiger partial charge in [0.05, 0.1) is 15.9 Å². The van der Waals surface area contributed by atoms with Crippen LogP contribution in [0.15, 0.2) is 4.47 Å². The second-order valence-electron chi connectivity index (χ2n) is 5.85. The van der Waals surface area contributed by atoms with E-state index >= 15 is 0 Å². The maximum atomic E-state index is 4.68. The third-order valence-corrected chi connectivity index (χ3v) is 5.22. The average Bonchev–Trinajstić information content (AvgIpc) is 2.95. The highest BCUT2D eigenvalue weighted by atomic mass is 79.9. The van der Waals surface area contributed by atoms with Crippen LogP contribution in [0.5, 0.6) is 0 Å². The van der Waals surface area contributed by atoms with E-state index in [2.05, 4.69) is 63.5 Å². The first-order chi connectivity index (χ1) is 9.56. The van der Waals surface area contributed by atoms with E-state index in [0.717, 1.165) is 26.1 Å². The highest BCUT2D eigenvalue weighted by Gasteiger charge is 2.23. The highest BCUT2D eigenvalue weighted by molar-refractivity contribution is 9.10. The fourth-order valence-corrected chi connectivity index (χ4v) is 3.75. The molecule has 1 aromatic heterocycles. The Balaban J connectivity index is 2.03. The molecule has 1 unspecified atom stereocenters. The number of nitrogens with zero attached hydrogens (tertiary/aromatic N) is 4. The van der Waals surface area contributed by atoms with Gasteiger partial charge in [0.25, 0.3) is 0 Å². The van der Waals surface area contributed by atoms with Crippen LogP contribution in [-0.4, -0.2) is 52.8 Å². The molecule has 1 fully saturated rings. The smallest absolute Gasteiger partial charge is 0.0767 e. The number of likely N-dealkylation sites (tertiary alicyclic amines) is 1. The Kier molecular flexibility index (Phi) is 5.64. The van der Waals surface area contributed by atoms with Gasteiger partial charge in [-0.05, 0) is 62.8 Å². The molecule has 0 spiro atoms. The zero-order valence-electron chi connectivity index (χ0n) is 13.2. The summed E-state index contributed by atoms with van der Waals surface area (Å²) in [5, 5.41) is 4.68. The van der Waals surface area contributed by atoms with Gasteiger partial charge in [-0.1, -0.05) is 6.92 Å². The molecule has 4 nitrogen and oxygen atoms in total. The molecule has 114 valence electrons. The predicted molar refractivity (Wildman–Crippen MR) is 87.0 cm³/mol. The molecule has 0 radical (unpaired) electrons. The van der Waals surface area contributed by atoms with Gasteiger partial charge in [-0.15, -0.1) is 0 Å². The summed E-state index contributed by atoms with van der Waals surface area (Å²) in [6.45, 7) is 8.60. The first kappa shape index (κ1) is 16.0. The molecule has 20 heavy (non-hydrogen) atoms. The minimum Gasteiger partial charge on any atom is -0.302 e. The molecule has 1 saturated heterocycles. The van der Waals surface area contributed by atoms with Crippen molar-refractivity contribution in [3.63, 3.8) is 0 Å². The van der Waals surface area contributed by atoms with E-state index in [1.165, 1.54) is 35.2 Å². The molecule has 0 N–H and O–H groups in total. The van der Waals surface area contributed by atoms with Crippen LogP contribution in [0.4, 0.5) is 0 Å². The molecule has 0 saturated carbocycles. The summed E-state index contributed by atoms with van der Waals surface area (Å²) >= 11 is 3.74. The van der Waals surface area contributed by atoms with Gasteiger partial charge in [0.15, 0.2) is 0 Å². The fraction of sp³-hybridized carbons (Fsp3) is 0.800. The SMILES string of the molecule is CCc1nn(CC)c(CN(C)CC2CCCN2C)c1Br. The summed E-state index contributed by atoms with van der Waals surface area (Å²) in [6, 6.07) is 0.711. The normalized spacial score (nSPS) is 20.2. The van der Waals surface area contributed by atoms with Crippen LogP contribution in [0.1, 0.15) is 38.1 Å². The van der Waals surface area contributed by atoms with E-state index in [1.54, 1.807) is 0 Å². The Hall–Kier alpha value is -0.390. The standard InChI is InChI=1S/C15H27BrN4/c1-5-13-15(16)14(20(6-2)17-13)11-18(3)10-12-8-7-9-19(12)4/h12H,5-11H2,1-4H3. The van der Waals surface area contributed by atoms with Gasteiger partial charge in [-0.3, -0.25) is 9.58 Å². The number of rotatable bonds is 6. The molecule has 0 bridgehead atoms. The van der Waals surface area contributed by atoms with E-state index in [-0.39, 0.29) is 0 Å². The quantitative estimate of drug-likeness (QED) is 0.794. The first-order valence-electron chi connectivity index (χ1n) is 7.69. The molecule has 1 aromatic rings. The number of likely N-dealkylation sites (N-methyl/N-ethyl adjacent to an activating group) is 2. The van der Waals surface area contributed by atoms with Crippen LogP contribution >= 0.6 is 15.9 Å². The molecule has 2 rings (SSSR count). The van der Waals surface area contributed by atoms with Gasteiger partial charge in [0.2, 0.25) is 0 Å². The summed E-state index contributed by atoms with van der Waals surface area (Å²) in [6.07, 6.45) is 3.65. The lowest BCUT2D eigenvalue weighted by atomic mass is 10.2. The lowest BCUT2D eigenvalue weighted by molar-refractivity contribution is 0.212. The van der Waals surface area contributed by atoms with Gasteiger partial charge in [-0.25, -0.2) is 0 Å². The van der Waals surface area contributed by atoms with Crippen molar-refractivity contribution in [3.05, 3.63) is 15.9 Å². The molecule has 0 aliphatic carbocycles. The predicted octanol–water partition coefficient (Wildman–Crippen LogP) is 2.75. The Morgan fingerprint density at radius 1 is 1.40 bits per heavy atom. The third-order valence-electron chi connectivity index (χ3n) is 4.31. The zero-order chi connectivity index (χ0) is 14.7. The largest absolute Gasteiger partial charge is 0.302 e. The second kappa shape index (κ2) is 7.05. The van der Waals surface area contributed by atoms with E-state index < -0.39 is 0 Å². The van der Waals surface area contributed by atoms with Crippen molar-refractivity contribution >= 4 is 15.9 Å². The summed E-state index contributed by atoms with van der Waals surface area (Å²) < 4.78 is 3.34. The van der Waals surface area contributed by atoms with Crippen molar-refractivity contribution in [3.8, 4) is 0 Å². The van der Waals surface area contributed by atoms with Gasteiger partial charge in [0, 0.05) is 25.7 Å². The van der Waals surface area contributed by atoms with Gasteiger partial charge in [0.1, 0.15) is 0 Å². The van der Waals surface area contributed by atoms with E-state index in [4.69, 9.17) is 0 Å². The van der Waals surface area contributed by atoms with Crippen LogP contribution in [0.25, 0.3) is 0 Å². The minimum atomic E-state index is 0.711. The maximum absolute atomic E-state index is 4.68. The van der Waals surface area contributed by atoms with Crippen molar-refractivity contribution in [1.29, 1.82) is 0 Å². The Morgan fingerprint density at radius 2 is 2.15 bits per heavy atom. The summed E-state index contributed by atoms with van der Waals surface area (Å²) in [7, 11) is 4.46. The van der Waals surface area contributed by atoms with Crippen molar-refractivity contribution in [2.75, 3.05) is 27.2 Å². The van der Waals surface area contributed by atoms with Gasteiger partial charge >= 0.3 is 0 Å². The topological polar surface area (TPSA) is 24.3 Å². The zero-order valence-corrected chi connectivity index (χ0v) is 14.8. The summed E-state index contributed by atoms with van der Waals surface area (Å²) in [5.41, 5.74) is 2.49. The summed E-state index contributed by atoms with van der Waals surface area (Å²) in [4.78, 5) is 4.92. The van der Waals surface area contributed by atoms with Crippen LogP contribution in [0.2, 0.25) is 0 Å². The molecule has 5 heteroatoms. The fourth-order valence-electron chi connectivity index (χ4n) is 3.06. The van der Waals surface area contributed by atoms with Gasteiger partial charge < -0.3 is 4.90 Å². The molecular weight excluding hydrogens is 316 g/mol. The van der Waals surface area contributed by atoms with Crippen molar-refractivity contribution < 1.29 is 0 Å². The second-order valence-corrected chi connectivity index (χ2v) is 6.64. The van der Waals surface area contributed by atoms with Crippen molar-refractivity contribution in [2.45, 2.75) is 52.2 Å². The molecule has 0 aromatic carbocycles. The van der Waals surface area contributed by atoms with Crippen molar-refractivity contribution in [1.82, 2.24) is 19.6 Å². The Morgan fingerprint density at radius 3 is 2.70 bits per heavy atom. The number of hydrogen-bond donors (Lipinski definition) is 0. The lowest BCUT2D eigenvalue weighted by Crippen LogP contribution is -2.36. The molecule has 2 heterocycles. The number of aromatic nitrogens is 2. The Bertz CT molecular complexity index is 443. The maximum Gasteiger partial charge on any atom is 0.0767 e. The molecule has 0 amide bonds. The lowest BCUT2D eigenvalue weighted by Gasteiger charge is -2.26.